The molecule has 0 bridgehead atoms. The van der Waals surface area contributed by atoms with Gasteiger partial charge in [-0.25, -0.2) is 4.39 Å². The van der Waals surface area contributed by atoms with Crippen molar-refractivity contribution in [2.45, 2.75) is 3.79 Å². The summed E-state index contributed by atoms with van der Waals surface area (Å²) in [5, 5.41) is 0.138. The van der Waals surface area contributed by atoms with Gasteiger partial charge in [-0.3, -0.25) is 4.79 Å². The standard InChI is InChI=1S/C10H5Cl3FNO/c11-10(12,13)9(16)5-4-15-7-3-1-2-6(14)8(5)7/h1-4,15H. The third kappa shape index (κ3) is 1.90. The van der Waals surface area contributed by atoms with Gasteiger partial charge in [0.25, 0.3) is 3.79 Å². The average Bonchev–Trinajstić information content (AvgIpc) is 2.60. The third-order valence-corrected chi connectivity index (χ3v) is 2.67. The van der Waals surface area contributed by atoms with E-state index in [4.69, 9.17) is 34.8 Å². The Labute approximate surface area is 105 Å². The van der Waals surface area contributed by atoms with E-state index in [-0.39, 0.29) is 10.9 Å². The van der Waals surface area contributed by atoms with Crippen LogP contribution in [0.15, 0.2) is 24.4 Å². The summed E-state index contributed by atoms with van der Waals surface area (Å²) >= 11 is 16.4. The summed E-state index contributed by atoms with van der Waals surface area (Å²) in [6.45, 7) is 0. The maximum absolute atomic E-state index is 13.5. The van der Waals surface area contributed by atoms with Crippen LogP contribution in [0.25, 0.3) is 10.9 Å². The Morgan fingerprint density at radius 2 is 2.00 bits per heavy atom. The monoisotopic (exact) mass is 279 g/mol. The van der Waals surface area contributed by atoms with E-state index in [9.17, 15) is 9.18 Å². The van der Waals surface area contributed by atoms with Gasteiger partial charge in [0.05, 0.1) is 5.56 Å². The molecule has 1 aromatic carbocycles. The smallest absolute Gasteiger partial charge is 0.253 e. The first-order chi connectivity index (χ1) is 7.41. The zero-order valence-corrected chi connectivity index (χ0v) is 10.00. The van der Waals surface area contributed by atoms with E-state index in [1.165, 1.54) is 18.3 Å². The number of H-pyrrole nitrogens is 1. The first-order valence-corrected chi connectivity index (χ1v) is 5.42. The zero-order valence-electron chi connectivity index (χ0n) is 7.73. The van der Waals surface area contributed by atoms with Crippen LogP contribution in [0, 0.1) is 5.82 Å². The van der Waals surface area contributed by atoms with Gasteiger partial charge in [0.15, 0.2) is 0 Å². The number of alkyl halides is 3. The number of rotatable bonds is 1. The SMILES string of the molecule is O=C(c1c[nH]c2cccc(F)c12)C(Cl)(Cl)Cl. The molecule has 0 atom stereocenters. The number of hydrogen-bond donors (Lipinski definition) is 1. The molecule has 0 aliphatic heterocycles. The van der Waals surface area contributed by atoms with Gasteiger partial charge in [0, 0.05) is 17.1 Å². The number of fused-ring (bicyclic) bond motifs is 1. The molecule has 16 heavy (non-hydrogen) atoms. The first kappa shape index (κ1) is 11.7. The second-order valence-corrected chi connectivity index (χ2v) is 5.47. The summed E-state index contributed by atoms with van der Waals surface area (Å²) in [4.78, 5) is 14.5. The minimum atomic E-state index is -2.09. The van der Waals surface area contributed by atoms with Gasteiger partial charge in [0.1, 0.15) is 5.82 Å². The summed E-state index contributed by atoms with van der Waals surface area (Å²) < 4.78 is 11.4. The maximum atomic E-state index is 13.5. The number of aromatic nitrogens is 1. The van der Waals surface area contributed by atoms with Crippen LogP contribution in [0.4, 0.5) is 4.39 Å². The summed E-state index contributed by atoms with van der Waals surface area (Å²) in [5.74, 6) is -1.29. The maximum Gasteiger partial charge on any atom is 0.253 e. The lowest BCUT2D eigenvalue weighted by atomic mass is 10.1. The summed E-state index contributed by atoms with van der Waals surface area (Å²) in [6, 6.07) is 4.40. The van der Waals surface area contributed by atoms with Crippen LogP contribution in [0.1, 0.15) is 10.4 Å². The van der Waals surface area contributed by atoms with Crippen LogP contribution in [0.3, 0.4) is 0 Å². The fourth-order valence-corrected chi connectivity index (χ4v) is 1.78. The quantitative estimate of drug-likeness (QED) is 0.624. The largest absolute Gasteiger partial charge is 0.360 e. The second-order valence-electron chi connectivity index (χ2n) is 3.19. The zero-order chi connectivity index (χ0) is 11.9. The molecule has 2 nitrogen and oxygen atoms in total. The highest BCUT2D eigenvalue weighted by molar-refractivity contribution is 6.77. The second kappa shape index (κ2) is 3.91. The van der Waals surface area contributed by atoms with Gasteiger partial charge in [-0.05, 0) is 12.1 Å². The van der Waals surface area contributed by atoms with Crippen molar-refractivity contribution >= 4 is 51.5 Å². The minimum Gasteiger partial charge on any atom is -0.360 e. The number of ketones is 1. The molecule has 2 aromatic rings. The molecule has 0 spiro atoms. The first-order valence-electron chi connectivity index (χ1n) is 4.28. The predicted molar refractivity (Wildman–Crippen MR) is 62.9 cm³/mol. The third-order valence-electron chi connectivity index (χ3n) is 2.16. The van der Waals surface area contributed by atoms with Crippen LogP contribution in [-0.2, 0) is 0 Å². The Balaban J connectivity index is 2.67. The van der Waals surface area contributed by atoms with Crippen molar-refractivity contribution in [2.75, 3.05) is 0 Å². The fraction of sp³-hybridized carbons (Fsp3) is 0.100. The average molecular weight is 281 g/mol. The molecular weight excluding hydrogens is 275 g/mol. The molecule has 1 aromatic heterocycles. The molecule has 0 aliphatic rings. The molecule has 6 heteroatoms. The lowest BCUT2D eigenvalue weighted by Gasteiger charge is -2.08. The minimum absolute atomic E-state index is 0.0353. The van der Waals surface area contributed by atoms with Crippen LogP contribution in [0.2, 0.25) is 0 Å². The Bertz CT molecular complexity index is 559. The van der Waals surface area contributed by atoms with Crippen molar-refractivity contribution in [3.63, 3.8) is 0 Å². The Morgan fingerprint density at radius 1 is 1.31 bits per heavy atom. The van der Waals surface area contributed by atoms with Crippen molar-refractivity contribution in [3.05, 3.63) is 35.8 Å². The lowest BCUT2D eigenvalue weighted by molar-refractivity contribution is 0.0997. The highest BCUT2D eigenvalue weighted by Gasteiger charge is 2.33. The van der Waals surface area contributed by atoms with E-state index in [1.54, 1.807) is 6.07 Å². The van der Waals surface area contributed by atoms with Crippen LogP contribution < -0.4 is 0 Å². The Hall–Kier alpha value is -0.770. The van der Waals surface area contributed by atoms with Crippen LogP contribution >= 0.6 is 34.8 Å². The molecule has 0 saturated heterocycles. The topological polar surface area (TPSA) is 32.9 Å². The number of carbonyl (C=O) groups excluding carboxylic acids is 1. The molecule has 0 unspecified atom stereocenters. The number of halogens is 4. The number of Topliss-reactive ketones (excluding diaryl/α,β-unsaturated/α-hetero) is 1. The van der Waals surface area contributed by atoms with E-state index in [0.29, 0.717) is 5.52 Å². The molecule has 0 fully saturated rings. The molecular formula is C10H5Cl3FNO. The number of nitrogens with one attached hydrogen (secondary N) is 1. The van der Waals surface area contributed by atoms with Gasteiger partial charge in [-0.1, -0.05) is 40.9 Å². The molecule has 0 radical (unpaired) electrons. The Morgan fingerprint density at radius 3 is 2.62 bits per heavy atom. The van der Waals surface area contributed by atoms with Crippen molar-refractivity contribution in [1.29, 1.82) is 0 Å². The van der Waals surface area contributed by atoms with E-state index in [0.717, 1.165) is 0 Å². The van der Waals surface area contributed by atoms with Crippen molar-refractivity contribution in [3.8, 4) is 0 Å². The van der Waals surface area contributed by atoms with E-state index in [2.05, 4.69) is 4.98 Å². The predicted octanol–water partition coefficient (Wildman–Crippen LogP) is 3.86. The van der Waals surface area contributed by atoms with Gasteiger partial charge >= 0.3 is 0 Å². The van der Waals surface area contributed by atoms with Gasteiger partial charge in [-0.15, -0.1) is 0 Å². The van der Waals surface area contributed by atoms with E-state index in [1.807, 2.05) is 0 Å². The van der Waals surface area contributed by atoms with Gasteiger partial charge < -0.3 is 4.98 Å². The van der Waals surface area contributed by atoms with Crippen molar-refractivity contribution in [2.24, 2.45) is 0 Å². The van der Waals surface area contributed by atoms with Gasteiger partial charge in [0.2, 0.25) is 5.78 Å². The molecule has 84 valence electrons. The number of benzene rings is 1. The van der Waals surface area contributed by atoms with Crippen molar-refractivity contribution in [1.82, 2.24) is 4.98 Å². The fourth-order valence-electron chi connectivity index (χ4n) is 1.47. The number of aromatic amines is 1. The molecule has 1 N–H and O–H groups in total. The normalized spacial score (nSPS) is 12.0. The molecule has 0 amide bonds. The van der Waals surface area contributed by atoms with Crippen LogP contribution in [-0.4, -0.2) is 14.6 Å². The van der Waals surface area contributed by atoms with E-state index >= 15 is 0 Å². The summed E-state index contributed by atoms with van der Waals surface area (Å²) in [5.41, 5.74) is 0.519. The molecule has 0 saturated carbocycles. The number of hydrogen-bond acceptors (Lipinski definition) is 1. The highest BCUT2D eigenvalue weighted by Crippen LogP contribution is 2.33. The van der Waals surface area contributed by atoms with Crippen molar-refractivity contribution < 1.29 is 9.18 Å². The van der Waals surface area contributed by atoms with E-state index < -0.39 is 15.4 Å². The lowest BCUT2D eigenvalue weighted by Crippen LogP contribution is -2.18. The number of carbonyl (C=O) groups is 1. The molecule has 2 rings (SSSR count). The Kier molecular flexibility index (Phi) is 2.86. The van der Waals surface area contributed by atoms with Crippen LogP contribution in [0.5, 0.6) is 0 Å². The molecule has 1 heterocycles. The highest BCUT2D eigenvalue weighted by atomic mass is 35.6. The molecule has 0 aliphatic carbocycles. The summed E-state index contributed by atoms with van der Waals surface area (Å²) in [7, 11) is 0. The summed E-state index contributed by atoms with van der Waals surface area (Å²) in [6.07, 6.45) is 1.33. The van der Waals surface area contributed by atoms with Gasteiger partial charge in [-0.2, -0.15) is 0 Å².